The highest BCUT2D eigenvalue weighted by atomic mass is 19.1. The Morgan fingerprint density at radius 2 is 1.90 bits per heavy atom. The van der Waals surface area contributed by atoms with Crippen molar-refractivity contribution in [1.82, 2.24) is 5.32 Å². The number of anilines is 1. The van der Waals surface area contributed by atoms with Crippen LogP contribution in [0.4, 0.5) is 10.1 Å². The summed E-state index contributed by atoms with van der Waals surface area (Å²) in [6.07, 6.45) is 5.57. The van der Waals surface area contributed by atoms with Crippen molar-refractivity contribution in [2.45, 2.75) is 50.5 Å². The zero-order valence-electron chi connectivity index (χ0n) is 11.6. The van der Waals surface area contributed by atoms with Gasteiger partial charge < -0.3 is 15.0 Å². The summed E-state index contributed by atoms with van der Waals surface area (Å²) in [5.41, 5.74) is 2.26. The van der Waals surface area contributed by atoms with Crippen LogP contribution in [-0.2, 0) is 11.3 Å². The summed E-state index contributed by atoms with van der Waals surface area (Å²) in [6.45, 7) is 2.65. The fourth-order valence-corrected chi connectivity index (χ4v) is 3.36. The molecule has 3 aliphatic rings. The van der Waals surface area contributed by atoms with Crippen molar-refractivity contribution in [3.63, 3.8) is 0 Å². The maximum atomic E-state index is 13.5. The van der Waals surface area contributed by atoms with Gasteiger partial charge in [-0.15, -0.1) is 0 Å². The normalized spacial score (nSPS) is 28.9. The van der Waals surface area contributed by atoms with Gasteiger partial charge in [0.15, 0.2) is 0 Å². The molecule has 1 aliphatic carbocycles. The van der Waals surface area contributed by atoms with Gasteiger partial charge in [0.2, 0.25) is 0 Å². The number of nitrogens with one attached hydrogen (secondary N) is 1. The molecule has 2 unspecified atom stereocenters. The van der Waals surface area contributed by atoms with Crippen LogP contribution in [0.3, 0.4) is 0 Å². The highest BCUT2D eigenvalue weighted by Crippen LogP contribution is 2.32. The molecule has 2 heterocycles. The summed E-state index contributed by atoms with van der Waals surface area (Å²) in [5, 5.41) is 3.49. The number of hydrogen-bond acceptors (Lipinski definition) is 3. The maximum Gasteiger partial charge on any atom is 0.123 e. The second kappa shape index (κ2) is 5.01. The number of rotatable bonds is 4. The summed E-state index contributed by atoms with van der Waals surface area (Å²) in [5.74, 6) is -0.141. The Morgan fingerprint density at radius 3 is 2.60 bits per heavy atom. The predicted octanol–water partition coefficient (Wildman–Crippen LogP) is 2.45. The van der Waals surface area contributed by atoms with E-state index in [1.54, 1.807) is 12.1 Å². The Hall–Kier alpha value is -1.13. The van der Waals surface area contributed by atoms with E-state index in [1.165, 1.54) is 18.5 Å². The SMILES string of the molecule is Fc1ccc(N2CC3CCC(C2)O3)c(CNC2CC2)c1. The Morgan fingerprint density at radius 1 is 1.15 bits per heavy atom. The van der Waals surface area contributed by atoms with E-state index >= 15 is 0 Å². The lowest BCUT2D eigenvalue weighted by Crippen LogP contribution is -2.43. The maximum absolute atomic E-state index is 13.5. The molecule has 2 saturated heterocycles. The minimum Gasteiger partial charge on any atom is -0.371 e. The molecule has 108 valence electrons. The zero-order valence-corrected chi connectivity index (χ0v) is 11.6. The van der Waals surface area contributed by atoms with Gasteiger partial charge >= 0.3 is 0 Å². The summed E-state index contributed by atoms with van der Waals surface area (Å²) < 4.78 is 19.4. The summed E-state index contributed by atoms with van der Waals surface area (Å²) in [7, 11) is 0. The molecule has 3 nitrogen and oxygen atoms in total. The van der Waals surface area contributed by atoms with E-state index in [1.807, 2.05) is 6.07 Å². The molecular weight excluding hydrogens is 255 g/mol. The van der Waals surface area contributed by atoms with E-state index in [0.29, 0.717) is 18.2 Å². The van der Waals surface area contributed by atoms with Crippen LogP contribution in [0.5, 0.6) is 0 Å². The van der Waals surface area contributed by atoms with Crippen LogP contribution in [0.15, 0.2) is 18.2 Å². The second-order valence-electron chi connectivity index (χ2n) is 6.29. The average molecular weight is 276 g/mol. The van der Waals surface area contributed by atoms with Crippen molar-refractivity contribution in [3.05, 3.63) is 29.6 Å². The monoisotopic (exact) mass is 276 g/mol. The summed E-state index contributed by atoms with van der Waals surface area (Å²) in [6, 6.07) is 5.84. The van der Waals surface area contributed by atoms with Crippen LogP contribution >= 0.6 is 0 Å². The van der Waals surface area contributed by atoms with Crippen LogP contribution in [0.2, 0.25) is 0 Å². The van der Waals surface area contributed by atoms with Crippen molar-refractivity contribution in [3.8, 4) is 0 Å². The molecular formula is C16H21FN2O. The van der Waals surface area contributed by atoms with E-state index in [0.717, 1.165) is 38.0 Å². The van der Waals surface area contributed by atoms with E-state index in [-0.39, 0.29) is 5.82 Å². The van der Waals surface area contributed by atoms with Crippen LogP contribution in [0, 0.1) is 5.82 Å². The molecule has 0 amide bonds. The van der Waals surface area contributed by atoms with Gasteiger partial charge in [-0.3, -0.25) is 0 Å². The molecule has 2 aliphatic heterocycles. The smallest absolute Gasteiger partial charge is 0.123 e. The van der Waals surface area contributed by atoms with E-state index in [2.05, 4.69) is 10.2 Å². The lowest BCUT2D eigenvalue weighted by Gasteiger charge is -2.35. The van der Waals surface area contributed by atoms with E-state index in [9.17, 15) is 4.39 Å². The van der Waals surface area contributed by atoms with Gasteiger partial charge in [0, 0.05) is 31.4 Å². The molecule has 4 rings (SSSR count). The number of nitrogens with zero attached hydrogens (tertiary/aromatic N) is 1. The average Bonchev–Trinajstić information content (AvgIpc) is 3.21. The summed E-state index contributed by atoms with van der Waals surface area (Å²) >= 11 is 0. The largest absolute Gasteiger partial charge is 0.371 e. The number of halogens is 1. The number of ether oxygens (including phenoxy) is 1. The Labute approximate surface area is 119 Å². The molecule has 1 aromatic rings. The van der Waals surface area contributed by atoms with Gasteiger partial charge in [-0.1, -0.05) is 0 Å². The third-order valence-electron chi connectivity index (χ3n) is 4.58. The Kier molecular flexibility index (Phi) is 3.15. The zero-order chi connectivity index (χ0) is 13.5. The quantitative estimate of drug-likeness (QED) is 0.914. The first-order chi connectivity index (χ1) is 9.78. The van der Waals surface area contributed by atoms with Gasteiger partial charge in [0.25, 0.3) is 0 Å². The molecule has 0 aromatic heterocycles. The first kappa shape index (κ1) is 12.6. The lowest BCUT2D eigenvalue weighted by molar-refractivity contribution is 0.0304. The van der Waals surface area contributed by atoms with Crippen molar-refractivity contribution >= 4 is 5.69 Å². The number of fused-ring (bicyclic) bond motifs is 2. The molecule has 1 aromatic carbocycles. The first-order valence-electron chi connectivity index (χ1n) is 7.70. The van der Waals surface area contributed by atoms with Gasteiger partial charge in [-0.25, -0.2) is 4.39 Å². The van der Waals surface area contributed by atoms with E-state index < -0.39 is 0 Å². The highest BCUT2D eigenvalue weighted by Gasteiger charge is 2.34. The topological polar surface area (TPSA) is 24.5 Å². The molecule has 2 atom stereocenters. The molecule has 2 bridgehead atoms. The minimum atomic E-state index is -0.141. The highest BCUT2D eigenvalue weighted by molar-refractivity contribution is 5.54. The molecule has 0 radical (unpaired) electrons. The van der Waals surface area contributed by atoms with Crippen LogP contribution in [0.25, 0.3) is 0 Å². The van der Waals surface area contributed by atoms with Gasteiger partial charge in [0.05, 0.1) is 12.2 Å². The van der Waals surface area contributed by atoms with Crippen molar-refractivity contribution < 1.29 is 9.13 Å². The van der Waals surface area contributed by atoms with Crippen LogP contribution in [0.1, 0.15) is 31.2 Å². The van der Waals surface area contributed by atoms with Gasteiger partial charge in [0.1, 0.15) is 5.82 Å². The number of hydrogen-bond donors (Lipinski definition) is 1. The molecule has 0 spiro atoms. The fourth-order valence-electron chi connectivity index (χ4n) is 3.36. The number of benzene rings is 1. The molecule has 4 heteroatoms. The Balaban J connectivity index is 1.55. The van der Waals surface area contributed by atoms with Crippen molar-refractivity contribution in [2.24, 2.45) is 0 Å². The van der Waals surface area contributed by atoms with Crippen molar-refractivity contribution in [1.29, 1.82) is 0 Å². The standard InChI is InChI=1S/C16H21FN2O/c17-12-1-6-16(11(7-12)8-18-13-2-3-13)19-9-14-4-5-15(10-19)20-14/h1,6-7,13-15,18H,2-5,8-10H2. The molecule has 1 saturated carbocycles. The molecule has 3 fully saturated rings. The van der Waals surface area contributed by atoms with Gasteiger partial charge in [-0.05, 0) is 49.4 Å². The fraction of sp³-hybridized carbons (Fsp3) is 0.625. The second-order valence-corrected chi connectivity index (χ2v) is 6.29. The molecule has 1 N–H and O–H groups in total. The van der Waals surface area contributed by atoms with Crippen LogP contribution in [-0.4, -0.2) is 31.3 Å². The van der Waals surface area contributed by atoms with Crippen LogP contribution < -0.4 is 10.2 Å². The Bertz CT molecular complexity index is 491. The first-order valence-corrected chi connectivity index (χ1v) is 7.70. The molecule has 20 heavy (non-hydrogen) atoms. The lowest BCUT2D eigenvalue weighted by atomic mass is 10.1. The number of morpholine rings is 1. The van der Waals surface area contributed by atoms with Crippen molar-refractivity contribution in [2.75, 3.05) is 18.0 Å². The minimum absolute atomic E-state index is 0.141. The summed E-state index contributed by atoms with van der Waals surface area (Å²) in [4.78, 5) is 2.38. The van der Waals surface area contributed by atoms with E-state index in [4.69, 9.17) is 4.74 Å². The van der Waals surface area contributed by atoms with Gasteiger partial charge in [-0.2, -0.15) is 0 Å². The third-order valence-corrected chi connectivity index (χ3v) is 4.58. The third kappa shape index (κ3) is 2.54. The predicted molar refractivity (Wildman–Crippen MR) is 76.4 cm³/mol.